The van der Waals surface area contributed by atoms with Gasteiger partial charge in [0.2, 0.25) is 0 Å². The van der Waals surface area contributed by atoms with Crippen molar-refractivity contribution >= 4 is 17.3 Å². The van der Waals surface area contributed by atoms with Gasteiger partial charge in [-0.05, 0) is 24.6 Å². The molecule has 3 N–H and O–H groups in total. The average molecular weight is 291 g/mol. The van der Waals surface area contributed by atoms with Crippen molar-refractivity contribution in [2.45, 2.75) is 19.0 Å². The summed E-state index contributed by atoms with van der Waals surface area (Å²) in [7, 11) is 0. The van der Waals surface area contributed by atoms with Crippen LogP contribution in [0.3, 0.4) is 0 Å². The van der Waals surface area contributed by atoms with Crippen LogP contribution in [0.15, 0.2) is 42.5 Å². The van der Waals surface area contributed by atoms with Crippen LogP contribution in [0.25, 0.3) is 0 Å². The van der Waals surface area contributed by atoms with Crippen LogP contribution in [0, 0.1) is 0 Å². The molecular weight excluding hydrogens is 274 g/mol. The van der Waals surface area contributed by atoms with Crippen molar-refractivity contribution in [3.05, 3.63) is 57.8 Å². The number of aliphatic hydroxyl groups is 1. The summed E-state index contributed by atoms with van der Waals surface area (Å²) in [4.78, 5) is 12.1. The molecule has 1 aromatic heterocycles. The van der Waals surface area contributed by atoms with Crippen LogP contribution >= 0.6 is 11.3 Å². The number of hydrogen-bond donors (Lipinski definition) is 3. The van der Waals surface area contributed by atoms with Crippen LogP contribution in [-0.4, -0.2) is 22.8 Å². The predicted molar refractivity (Wildman–Crippen MR) is 79.0 cm³/mol. The molecule has 4 nitrogen and oxygen atoms in total. The minimum absolute atomic E-state index is 0.0336. The van der Waals surface area contributed by atoms with Gasteiger partial charge in [0, 0.05) is 11.4 Å². The number of hydrogen-bond acceptors (Lipinski definition) is 4. The number of carboxylic acids is 1. The maximum Gasteiger partial charge on any atom is 0.345 e. The highest BCUT2D eigenvalue weighted by Crippen LogP contribution is 2.22. The van der Waals surface area contributed by atoms with E-state index in [0.717, 1.165) is 10.4 Å². The van der Waals surface area contributed by atoms with E-state index >= 15 is 0 Å². The van der Waals surface area contributed by atoms with Gasteiger partial charge in [0.1, 0.15) is 4.88 Å². The van der Waals surface area contributed by atoms with Gasteiger partial charge < -0.3 is 15.5 Å². The van der Waals surface area contributed by atoms with Crippen molar-refractivity contribution in [3.63, 3.8) is 0 Å². The Hall–Kier alpha value is -1.69. The second-order valence-corrected chi connectivity index (χ2v) is 5.95. The molecule has 5 heteroatoms. The molecule has 0 aliphatic heterocycles. The summed E-state index contributed by atoms with van der Waals surface area (Å²) >= 11 is 1.24. The number of aliphatic hydroxyl groups excluding tert-OH is 1. The Morgan fingerprint density at radius 1 is 1.25 bits per heavy atom. The fourth-order valence-electron chi connectivity index (χ4n) is 1.93. The van der Waals surface area contributed by atoms with Crippen LogP contribution in [0.4, 0.5) is 0 Å². The minimum Gasteiger partial charge on any atom is -0.477 e. The van der Waals surface area contributed by atoms with Crippen LogP contribution < -0.4 is 5.32 Å². The van der Waals surface area contributed by atoms with E-state index in [2.05, 4.69) is 5.32 Å². The third-order valence-corrected chi connectivity index (χ3v) is 4.33. The van der Waals surface area contributed by atoms with Crippen LogP contribution in [-0.2, 0) is 12.1 Å². The fourth-order valence-corrected chi connectivity index (χ4v) is 2.71. The van der Waals surface area contributed by atoms with Gasteiger partial charge in [0.15, 0.2) is 0 Å². The summed E-state index contributed by atoms with van der Waals surface area (Å²) in [5.41, 5.74) is 0.451. The Labute approximate surface area is 121 Å². The average Bonchev–Trinajstić information content (AvgIpc) is 2.95. The Balaban J connectivity index is 2.08. The second-order valence-electron chi connectivity index (χ2n) is 4.78. The summed E-state index contributed by atoms with van der Waals surface area (Å²) < 4.78 is 0. The molecule has 0 spiro atoms. The maximum atomic E-state index is 10.8. The van der Waals surface area contributed by atoms with Gasteiger partial charge in [0.25, 0.3) is 0 Å². The van der Waals surface area contributed by atoms with Crippen molar-refractivity contribution in [1.29, 1.82) is 0 Å². The quantitative estimate of drug-likeness (QED) is 0.764. The maximum absolute atomic E-state index is 10.8. The van der Waals surface area contributed by atoms with Crippen molar-refractivity contribution in [1.82, 2.24) is 5.32 Å². The number of nitrogens with one attached hydrogen (secondary N) is 1. The number of thiophene rings is 1. The molecule has 1 heterocycles. The number of carbonyl (C=O) groups is 1. The summed E-state index contributed by atoms with van der Waals surface area (Å²) in [6.07, 6.45) is 0. The highest BCUT2D eigenvalue weighted by molar-refractivity contribution is 7.13. The first-order valence-electron chi connectivity index (χ1n) is 6.28. The molecule has 0 bridgehead atoms. The first-order chi connectivity index (χ1) is 9.55. The zero-order chi connectivity index (χ0) is 14.6. The smallest absolute Gasteiger partial charge is 0.345 e. The summed E-state index contributed by atoms with van der Waals surface area (Å²) in [6.45, 7) is 2.41. The zero-order valence-corrected chi connectivity index (χ0v) is 12.0. The van der Waals surface area contributed by atoms with Gasteiger partial charge in [-0.3, -0.25) is 0 Å². The van der Waals surface area contributed by atoms with Gasteiger partial charge in [-0.1, -0.05) is 30.3 Å². The highest BCUT2D eigenvalue weighted by atomic mass is 32.1. The molecule has 20 heavy (non-hydrogen) atoms. The lowest BCUT2D eigenvalue weighted by Crippen LogP contribution is -2.42. The Morgan fingerprint density at radius 3 is 2.50 bits per heavy atom. The normalized spacial score (nSPS) is 13.9. The monoisotopic (exact) mass is 291 g/mol. The van der Waals surface area contributed by atoms with Crippen molar-refractivity contribution in [2.75, 3.05) is 6.61 Å². The number of carboxylic acid groups (broad SMARTS) is 1. The molecular formula is C15H17NO3S. The lowest BCUT2D eigenvalue weighted by molar-refractivity contribution is 0.0702. The topological polar surface area (TPSA) is 69.6 Å². The van der Waals surface area contributed by atoms with Crippen molar-refractivity contribution in [2.24, 2.45) is 0 Å². The number of aromatic carboxylic acids is 1. The molecule has 106 valence electrons. The van der Waals surface area contributed by atoms with E-state index in [-0.39, 0.29) is 6.61 Å². The SMILES string of the molecule is CC(CO)(NCc1ccc(C(=O)O)s1)c1ccccc1. The lowest BCUT2D eigenvalue weighted by Gasteiger charge is -2.29. The molecule has 1 atom stereocenters. The summed E-state index contributed by atoms with van der Waals surface area (Å²) in [6, 6.07) is 13.1. The Kier molecular flexibility index (Phi) is 4.54. The number of rotatable bonds is 6. The lowest BCUT2D eigenvalue weighted by atomic mass is 9.93. The molecule has 0 aliphatic rings. The molecule has 0 aliphatic carbocycles. The van der Waals surface area contributed by atoms with Gasteiger partial charge in [-0.2, -0.15) is 0 Å². The number of benzene rings is 1. The van der Waals surface area contributed by atoms with Gasteiger partial charge in [-0.25, -0.2) is 4.79 Å². The highest BCUT2D eigenvalue weighted by Gasteiger charge is 2.25. The second kappa shape index (κ2) is 6.17. The summed E-state index contributed by atoms with van der Waals surface area (Å²) in [5, 5.41) is 21.9. The zero-order valence-electron chi connectivity index (χ0n) is 11.2. The Morgan fingerprint density at radius 2 is 1.95 bits per heavy atom. The van der Waals surface area contributed by atoms with Gasteiger partial charge in [0.05, 0.1) is 12.1 Å². The minimum atomic E-state index is -0.908. The van der Waals surface area contributed by atoms with Crippen LogP contribution in [0.5, 0.6) is 0 Å². The first-order valence-corrected chi connectivity index (χ1v) is 7.10. The molecule has 2 aromatic rings. The van der Waals surface area contributed by atoms with Crippen molar-refractivity contribution < 1.29 is 15.0 Å². The van der Waals surface area contributed by atoms with E-state index in [0.29, 0.717) is 11.4 Å². The predicted octanol–water partition coefficient (Wildman–Crippen LogP) is 2.44. The van der Waals surface area contributed by atoms with Gasteiger partial charge >= 0.3 is 5.97 Å². The molecule has 2 rings (SSSR count). The molecule has 0 saturated heterocycles. The van der Waals surface area contributed by atoms with E-state index in [9.17, 15) is 9.90 Å². The van der Waals surface area contributed by atoms with E-state index in [1.807, 2.05) is 37.3 Å². The molecule has 0 fully saturated rings. The fraction of sp³-hybridized carbons (Fsp3) is 0.267. The molecule has 0 saturated carbocycles. The van der Waals surface area contributed by atoms with E-state index in [4.69, 9.17) is 5.11 Å². The van der Waals surface area contributed by atoms with E-state index in [1.54, 1.807) is 12.1 Å². The molecule has 0 amide bonds. The largest absolute Gasteiger partial charge is 0.477 e. The van der Waals surface area contributed by atoms with E-state index < -0.39 is 11.5 Å². The Bertz CT molecular complexity index is 582. The van der Waals surface area contributed by atoms with Crippen molar-refractivity contribution in [3.8, 4) is 0 Å². The molecule has 1 unspecified atom stereocenters. The van der Waals surface area contributed by atoms with Crippen LogP contribution in [0.2, 0.25) is 0 Å². The van der Waals surface area contributed by atoms with Gasteiger partial charge in [-0.15, -0.1) is 11.3 Å². The third kappa shape index (κ3) is 3.25. The van der Waals surface area contributed by atoms with Crippen LogP contribution in [0.1, 0.15) is 27.0 Å². The van der Waals surface area contributed by atoms with E-state index in [1.165, 1.54) is 11.3 Å². The first kappa shape index (κ1) is 14.7. The molecule has 0 radical (unpaired) electrons. The third-order valence-electron chi connectivity index (χ3n) is 3.25. The summed E-state index contributed by atoms with van der Waals surface area (Å²) in [5.74, 6) is -0.908. The molecule has 1 aromatic carbocycles. The standard InChI is InChI=1S/C15H17NO3S/c1-15(10-17,11-5-3-2-4-6-11)16-9-12-7-8-13(20-12)14(18)19/h2-8,16-17H,9-10H2,1H3,(H,18,19).